The quantitative estimate of drug-likeness (QED) is 0.553. The minimum Gasteiger partial charge on any atom is -0.487 e. The number of hydrogen-bond donors (Lipinski definition) is 0. The molecule has 58 valence electrons. The maximum Gasteiger partial charge on any atom is 0.165 e. The van der Waals surface area contributed by atoms with E-state index in [0.29, 0.717) is 5.75 Å². The Labute approximate surface area is 64.8 Å². The van der Waals surface area contributed by atoms with E-state index in [0.717, 1.165) is 12.0 Å². The van der Waals surface area contributed by atoms with E-state index in [4.69, 9.17) is 4.74 Å². The number of halogens is 1. The molecule has 1 aliphatic rings. The van der Waals surface area contributed by atoms with Crippen molar-refractivity contribution in [2.75, 3.05) is 0 Å². The molecule has 0 bridgehead atoms. The highest BCUT2D eigenvalue weighted by molar-refractivity contribution is 5.38. The van der Waals surface area contributed by atoms with Crippen molar-refractivity contribution in [3.63, 3.8) is 0 Å². The van der Waals surface area contributed by atoms with Crippen molar-refractivity contribution in [2.24, 2.45) is 0 Å². The van der Waals surface area contributed by atoms with Crippen molar-refractivity contribution in [3.05, 3.63) is 29.6 Å². The molecule has 1 aliphatic heterocycles. The Morgan fingerprint density at radius 1 is 1.55 bits per heavy atom. The summed E-state index contributed by atoms with van der Waals surface area (Å²) in [4.78, 5) is 0. The Morgan fingerprint density at radius 2 is 2.36 bits per heavy atom. The number of benzene rings is 1. The molecule has 0 saturated carbocycles. The first-order chi connectivity index (χ1) is 5.27. The minimum absolute atomic E-state index is 0.127. The van der Waals surface area contributed by atoms with E-state index >= 15 is 0 Å². The number of ether oxygens (including phenoxy) is 1. The second-order valence-corrected chi connectivity index (χ2v) is 2.86. The lowest BCUT2D eigenvalue weighted by Gasteiger charge is -2.02. The summed E-state index contributed by atoms with van der Waals surface area (Å²) in [5.41, 5.74) is 0.984. The molecular formula is C9H9FO. The van der Waals surface area contributed by atoms with E-state index in [2.05, 4.69) is 0 Å². The van der Waals surface area contributed by atoms with Gasteiger partial charge >= 0.3 is 0 Å². The van der Waals surface area contributed by atoms with E-state index in [-0.39, 0.29) is 11.9 Å². The summed E-state index contributed by atoms with van der Waals surface area (Å²) in [5, 5.41) is 0. The van der Waals surface area contributed by atoms with Crippen molar-refractivity contribution in [1.29, 1.82) is 0 Å². The lowest BCUT2D eigenvalue weighted by Crippen LogP contribution is -2.05. The number of para-hydroxylation sites is 1. The number of hydrogen-bond acceptors (Lipinski definition) is 1. The van der Waals surface area contributed by atoms with Crippen LogP contribution < -0.4 is 4.74 Å². The smallest absolute Gasteiger partial charge is 0.165 e. The third-order valence-corrected chi connectivity index (χ3v) is 1.87. The van der Waals surface area contributed by atoms with Crippen molar-refractivity contribution >= 4 is 0 Å². The van der Waals surface area contributed by atoms with Crippen LogP contribution in [0.5, 0.6) is 5.75 Å². The molecule has 0 amide bonds. The third-order valence-electron chi connectivity index (χ3n) is 1.87. The SMILES string of the molecule is CC1Cc2cccc(F)c2O1. The predicted octanol–water partition coefficient (Wildman–Crippen LogP) is 2.15. The normalized spacial score (nSPS) is 21.1. The van der Waals surface area contributed by atoms with Gasteiger partial charge in [0.2, 0.25) is 0 Å². The summed E-state index contributed by atoms with van der Waals surface area (Å²) < 4.78 is 18.2. The van der Waals surface area contributed by atoms with Gasteiger partial charge in [0, 0.05) is 12.0 Å². The van der Waals surface area contributed by atoms with Crippen LogP contribution in [0.4, 0.5) is 4.39 Å². The highest BCUT2D eigenvalue weighted by Crippen LogP contribution is 2.30. The van der Waals surface area contributed by atoms with Gasteiger partial charge in [-0.15, -0.1) is 0 Å². The molecule has 1 heterocycles. The molecule has 0 spiro atoms. The Morgan fingerprint density at radius 3 is 3.09 bits per heavy atom. The van der Waals surface area contributed by atoms with Gasteiger partial charge in [-0.05, 0) is 13.0 Å². The largest absolute Gasteiger partial charge is 0.487 e. The molecule has 2 heteroatoms. The monoisotopic (exact) mass is 152 g/mol. The molecule has 1 aromatic carbocycles. The molecular weight excluding hydrogens is 143 g/mol. The molecule has 1 nitrogen and oxygen atoms in total. The van der Waals surface area contributed by atoms with Crippen LogP contribution in [0.25, 0.3) is 0 Å². The first kappa shape index (κ1) is 6.65. The van der Waals surface area contributed by atoms with Gasteiger partial charge in [-0.25, -0.2) is 4.39 Å². The zero-order chi connectivity index (χ0) is 7.84. The molecule has 0 fully saturated rings. The molecule has 1 atom stereocenters. The summed E-state index contributed by atoms with van der Waals surface area (Å²) in [6.45, 7) is 1.94. The van der Waals surface area contributed by atoms with Crippen molar-refractivity contribution < 1.29 is 9.13 Å². The van der Waals surface area contributed by atoms with Gasteiger partial charge < -0.3 is 4.74 Å². The number of fused-ring (bicyclic) bond motifs is 1. The van der Waals surface area contributed by atoms with Crippen molar-refractivity contribution in [3.8, 4) is 5.75 Å². The third kappa shape index (κ3) is 0.985. The minimum atomic E-state index is -0.244. The van der Waals surface area contributed by atoms with Gasteiger partial charge in [0.25, 0.3) is 0 Å². The highest BCUT2D eigenvalue weighted by atomic mass is 19.1. The standard InChI is InChI=1S/C9H9FO/c1-6-5-7-3-2-4-8(10)9(7)11-6/h2-4,6H,5H2,1H3. The fourth-order valence-electron chi connectivity index (χ4n) is 1.40. The van der Waals surface area contributed by atoms with Crippen LogP contribution in [0.15, 0.2) is 18.2 Å². The van der Waals surface area contributed by atoms with Crippen LogP contribution in [-0.2, 0) is 6.42 Å². The van der Waals surface area contributed by atoms with E-state index in [9.17, 15) is 4.39 Å². The van der Waals surface area contributed by atoms with E-state index < -0.39 is 0 Å². The molecule has 0 N–H and O–H groups in total. The highest BCUT2D eigenvalue weighted by Gasteiger charge is 2.21. The van der Waals surface area contributed by atoms with Gasteiger partial charge in [0.05, 0.1) is 0 Å². The summed E-state index contributed by atoms with van der Waals surface area (Å²) in [6.07, 6.45) is 0.953. The van der Waals surface area contributed by atoms with Crippen LogP contribution in [0, 0.1) is 5.82 Å². The van der Waals surface area contributed by atoms with Crippen LogP contribution in [0.2, 0.25) is 0 Å². The summed E-state index contributed by atoms with van der Waals surface area (Å²) in [7, 11) is 0. The fourth-order valence-corrected chi connectivity index (χ4v) is 1.40. The predicted molar refractivity (Wildman–Crippen MR) is 40.2 cm³/mol. The average Bonchev–Trinajstić information content (AvgIpc) is 2.31. The maximum atomic E-state index is 12.9. The lowest BCUT2D eigenvalue weighted by molar-refractivity contribution is 0.245. The molecule has 2 rings (SSSR count). The van der Waals surface area contributed by atoms with Crippen LogP contribution in [-0.4, -0.2) is 6.10 Å². The Kier molecular flexibility index (Phi) is 1.34. The second kappa shape index (κ2) is 2.22. The first-order valence-electron chi connectivity index (χ1n) is 3.71. The van der Waals surface area contributed by atoms with Gasteiger partial charge in [0.1, 0.15) is 6.10 Å². The molecule has 1 unspecified atom stereocenters. The van der Waals surface area contributed by atoms with Crippen molar-refractivity contribution in [2.45, 2.75) is 19.4 Å². The van der Waals surface area contributed by atoms with E-state index in [1.165, 1.54) is 6.07 Å². The van der Waals surface area contributed by atoms with E-state index in [1.807, 2.05) is 13.0 Å². The summed E-state index contributed by atoms with van der Waals surface area (Å²) in [5.74, 6) is 0.201. The van der Waals surface area contributed by atoms with Gasteiger partial charge in [0.15, 0.2) is 11.6 Å². The Bertz CT molecular complexity index is 283. The fraction of sp³-hybridized carbons (Fsp3) is 0.333. The van der Waals surface area contributed by atoms with Crippen LogP contribution in [0.1, 0.15) is 12.5 Å². The summed E-state index contributed by atoms with van der Waals surface area (Å²) >= 11 is 0. The molecule has 0 aliphatic carbocycles. The zero-order valence-corrected chi connectivity index (χ0v) is 6.30. The zero-order valence-electron chi connectivity index (χ0n) is 6.30. The van der Waals surface area contributed by atoms with Crippen molar-refractivity contribution in [1.82, 2.24) is 0 Å². The lowest BCUT2D eigenvalue weighted by atomic mass is 10.1. The summed E-state index contributed by atoms with van der Waals surface area (Å²) in [6, 6.07) is 5.05. The van der Waals surface area contributed by atoms with Gasteiger partial charge in [-0.3, -0.25) is 0 Å². The Hall–Kier alpha value is -1.05. The number of rotatable bonds is 0. The first-order valence-corrected chi connectivity index (χ1v) is 3.71. The Balaban J connectivity index is 2.49. The van der Waals surface area contributed by atoms with Crippen LogP contribution >= 0.6 is 0 Å². The van der Waals surface area contributed by atoms with Crippen LogP contribution in [0.3, 0.4) is 0 Å². The topological polar surface area (TPSA) is 9.23 Å². The van der Waals surface area contributed by atoms with Gasteiger partial charge in [-0.2, -0.15) is 0 Å². The molecule has 0 aromatic heterocycles. The molecule has 11 heavy (non-hydrogen) atoms. The molecule has 0 saturated heterocycles. The van der Waals surface area contributed by atoms with E-state index in [1.54, 1.807) is 6.07 Å². The maximum absolute atomic E-state index is 12.9. The second-order valence-electron chi connectivity index (χ2n) is 2.86. The molecule has 1 aromatic rings. The van der Waals surface area contributed by atoms with Gasteiger partial charge in [-0.1, -0.05) is 12.1 Å². The molecule has 0 radical (unpaired) electrons. The average molecular weight is 152 g/mol.